The van der Waals surface area contributed by atoms with E-state index in [9.17, 15) is 0 Å². The lowest BCUT2D eigenvalue weighted by Crippen LogP contribution is -2.09. The first-order valence-electron chi connectivity index (χ1n) is 6.22. The number of benzene rings is 2. The fourth-order valence-corrected chi connectivity index (χ4v) is 2.26. The van der Waals surface area contributed by atoms with Gasteiger partial charge in [-0.2, -0.15) is 5.26 Å². The van der Waals surface area contributed by atoms with Gasteiger partial charge >= 0.3 is 0 Å². The minimum atomic E-state index is -0.195. The Balaban J connectivity index is 0.00000220. The lowest BCUT2D eigenvalue weighted by molar-refractivity contribution is 0.202. The molecule has 0 aliphatic carbocycles. The van der Waals surface area contributed by atoms with E-state index in [2.05, 4.69) is 6.07 Å². The second kappa shape index (κ2) is 8.79. The van der Waals surface area contributed by atoms with E-state index in [1.807, 2.05) is 30.3 Å². The van der Waals surface area contributed by atoms with Crippen molar-refractivity contribution >= 4 is 35.6 Å². The van der Waals surface area contributed by atoms with Crippen LogP contribution >= 0.6 is 35.6 Å². The van der Waals surface area contributed by atoms with E-state index in [1.54, 1.807) is 18.2 Å². The van der Waals surface area contributed by atoms with Gasteiger partial charge in [-0.15, -0.1) is 24.0 Å². The van der Waals surface area contributed by atoms with Crippen LogP contribution in [0.1, 0.15) is 23.7 Å². The molecular weight excluding hydrogens is 329 g/mol. The number of hydrogen-bond donors (Lipinski definition) is 0. The highest BCUT2D eigenvalue weighted by atomic mass is 35.5. The third kappa shape index (κ3) is 4.82. The third-order valence-electron chi connectivity index (χ3n) is 2.88. The normalized spacial score (nSPS) is 11.1. The summed E-state index contributed by atoms with van der Waals surface area (Å²) >= 11 is 11.8. The van der Waals surface area contributed by atoms with Crippen molar-refractivity contribution in [3.8, 4) is 11.8 Å². The molecule has 0 aromatic heterocycles. The zero-order valence-corrected chi connectivity index (χ0v) is 13.5. The first-order chi connectivity index (χ1) is 9.74. The molecule has 0 amide bonds. The number of rotatable bonds is 5. The highest BCUT2D eigenvalue weighted by Crippen LogP contribution is 2.29. The summed E-state index contributed by atoms with van der Waals surface area (Å²) in [5.41, 5.74) is 1.49. The molecule has 2 nitrogen and oxygen atoms in total. The standard InChI is InChI=1S/C16H13Cl2NO.ClH/c17-9-8-15(12-4-2-1-3-5-12)20-16-10-14(18)7-6-13(16)11-19;/h1-7,10,15H,8-9H2;1H/t15-;/m1./s1. The Kier molecular flexibility index (Phi) is 7.39. The SMILES string of the molecule is Cl.N#Cc1ccc(Cl)cc1O[C@H](CCCl)c1ccccc1. The molecule has 2 rings (SSSR count). The van der Waals surface area contributed by atoms with Crippen molar-refractivity contribution in [1.82, 2.24) is 0 Å². The smallest absolute Gasteiger partial charge is 0.139 e. The number of nitrogens with zero attached hydrogens (tertiary/aromatic N) is 1. The Morgan fingerprint density at radius 1 is 1.14 bits per heavy atom. The molecule has 0 N–H and O–H groups in total. The highest BCUT2D eigenvalue weighted by molar-refractivity contribution is 6.30. The summed E-state index contributed by atoms with van der Waals surface area (Å²) in [6, 6.07) is 16.9. The molecule has 0 bridgehead atoms. The van der Waals surface area contributed by atoms with Crippen LogP contribution in [0.2, 0.25) is 5.02 Å². The van der Waals surface area contributed by atoms with E-state index in [4.69, 9.17) is 33.2 Å². The summed E-state index contributed by atoms with van der Waals surface area (Å²) < 4.78 is 5.95. The Labute approximate surface area is 140 Å². The van der Waals surface area contributed by atoms with Crippen LogP contribution in [0.5, 0.6) is 5.75 Å². The van der Waals surface area contributed by atoms with Crippen LogP contribution in [0, 0.1) is 11.3 Å². The summed E-state index contributed by atoms with van der Waals surface area (Å²) in [4.78, 5) is 0. The summed E-state index contributed by atoms with van der Waals surface area (Å²) in [6.07, 6.45) is 0.461. The maximum atomic E-state index is 9.12. The molecule has 0 aliphatic rings. The summed E-state index contributed by atoms with van der Waals surface area (Å²) in [5.74, 6) is 0.959. The largest absolute Gasteiger partial charge is 0.484 e. The van der Waals surface area contributed by atoms with E-state index in [1.165, 1.54) is 0 Å². The van der Waals surface area contributed by atoms with Gasteiger partial charge in [0.25, 0.3) is 0 Å². The maximum absolute atomic E-state index is 9.12. The summed E-state index contributed by atoms with van der Waals surface area (Å²) in [6.45, 7) is 0. The minimum Gasteiger partial charge on any atom is -0.484 e. The van der Waals surface area contributed by atoms with E-state index in [0.717, 1.165) is 5.56 Å². The van der Waals surface area contributed by atoms with E-state index < -0.39 is 0 Å². The van der Waals surface area contributed by atoms with E-state index in [0.29, 0.717) is 28.6 Å². The van der Waals surface area contributed by atoms with Crippen molar-refractivity contribution in [3.05, 3.63) is 64.7 Å². The summed E-state index contributed by atoms with van der Waals surface area (Å²) in [7, 11) is 0. The maximum Gasteiger partial charge on any atom is 0.139 e. The van der Waals surface area contributed by atoms with Gasteiger partial charge in [-0.1, -0.05) is 41.9 Å². The van der Waals surface area contributed by atoms with Crippen LogP contribution in [0.15, 0.2) is 48.5 Å². The molecule has 0 spiro atoms. The van der Waals surface area contributed by atoms with Crippen molar-refractivity contribution < 1.29 is 4.74 Å². The molecule has 0 unspecified atom stereocenters. The topological polar surface area (TPSA) is 33.0 Å². The Morgan fingerprint density at radius 3 is 2.48 bits per heavy atom. The molecule has 110 valence electrons. The van der Waals surface area contributed by atoms with Crippen molar-refractivity contribution in [1.29, 1.82) is 5.26 Å². The molecule has 1 atom stereocenters. The van der Waals surface area contributed by atoms with Crippen molar-refractivity contribution in [2.24, 2.45) is 0 Å². The van der Waals surface area contributed by atoms with Gasteiger partial charge in [-0.3, -0.25) is 0 Å². The Morgan fingerprint density at radius 2 is 1.86 bits per heavy atom. The van der Waals surface area contributed by atoms with Gasteiger partial charge in [0.2, 0.25) is 0 Å². The second-order valence-corrected chi connectivity index (χ2v) is 5.06. The van der Waals surface area contributed by atoms with E-state index >= 15 is 0 Å². The fourth-order valence-electron chi connectivity index (χ4n) is 1.90. The number of hydrogen-bond acceptors (Lipinski definition) is 2. The number of halogens is 3. The van der Waals surface area contributed by atoms with Gasteiger partial charge in [-0.05, 0) is 17.7 Å². The molecule has 0 radical (unpaired) electrons. The molecule has 21 heavy (non-hydrogen) atoms. The van der Waals surface area contributed by atoms with Crippen LogP contribution < -0.4 is 4.74 Å². The molecule has 2 aromatic rings. The molecule has 2 aromatic carbocycles. The van der Waals surface area contributed by atoms with Gasteiger partial charge in [0.1, 0.15) is 17.9 Å². The zero-order valence-electron chi connectivity index (χ0n) is 11.1. The molecule has 0 saturated heterocycles. The number of alkyl halides is 1. The van der Waals surface area contributed by atoms with Gasteiger partial charge in [-0.25, -0.2) is 0 Å². The van der Waals surface area contributed by atoms with Crippen LogP contribution in [0.3, 0.4) is 0 Å². The Bertz CT molecular complexity index is 611. The lowest BCUT2D eigenvalue weighted by atomic mass is 10.1. The fraction of sp³-hybridized carbons (Fsp3) is 0.188. The van der Waals surface area contributed by atoms with Crippen LogP contribution in [-0.4, -0.2) is 5.88 Å². The first-order valence-corrected chi connectivity index (χ1v) is 7.13. The van der Waals surface area contributed by atoms with Crippen molar-refractivity contribution in [3.63, 3.8) is 0 Å². The zero-order chi connectivity index (χ0) is 14.4. The predicted molar refractivity (Wildman–Crippen MR) is 88.6 cm³/mol. The summed E-state index contributed by atoms with van der Waals surface area (Å²) in [5, 5.41) is 9.66. The van der Waals surface area contributed by atoms with Gasteiger partial charge < -0.3 is 4.74 Å². The molecular formula is C16H14Cl3NO. The van der Waals surface area contributed by atoms with Crippen molar-refractivity contribution in [2.45, 2.75) is 12.5 Å². The first kappa shape index (κ1) is 17.7. The average molecular weight is 343 g/mol. The number of ether oxygens (including phenoxy) is 1. The van der Waals surface area contributed by atoms with E-state index in [-0.39, 0.29) is 18.5 Å². The molecule has 0 aliphatic heterocycles. The Hall–Kier alpha value is -1.40. The van der Waals surface area contributed by atoms with Gasteiger partial charge in [0, 0.05) is 23.4 Å². The average Bonchev–Trinajstić information content (AvgIpc) is 2.48. The molecule has 0 saturated carbocycles. The van der Waals surface area contributed by atoms with Crippen LogP contribution in [0.4, 0.5) is 0 Å². The van der Waals surface area contributed by atoms with Crippen LogP contribution in [-0.2, 0) is 0 Å². The monoisotopic (exact) mass is 341 g/mol. The minimum absolute atomic E-state index is 0. The predicted octanol–water partition coefficient (Wildman–Crippen LogP) is 5.38. The molecule has 5 heteroatoms. The molecule has 0 heterocycles. The lowest BCUT2D eigenvalue weighted by Gasteiger charge is -2.19. The quantitative estimate of drug-likeness (QED) is 0.683. The highest BCUT2D eigenvalue weighted by Gasteiger charge is 2.15. The van der Waals surface area contributed by atoms with Gasteiger partial charge in [0.15, 0.2) is 0 Å². The van der Waals surface area contributed by atoms with Gasteiger partial charge in [0.05, 0.1) is 5.56 Å². The van der Waals surface area contributed by atoms with Crippen molar-refractivity contribution in [2.75, 3.05) is 5.88 Å². The molecule has 0 fully saturated rings. The van der Waals surface area contributed by atoms with Crippen LogP contribution in [0.25, 0.3) is 0 Å². The number of nitriles is 1. The second-order valence-electron chi connectivity index (χ2n) is 4.25. The third-order valence-corrected chi connectivity index (χ3v) is 3.33.